The molecule has 3 rings (SSSR count). The predicted octanol–water partition coefficient (Wildman–Crippen LogP) is 2.48. The Bertz CT molecular complexity index is 686. The molecule has 1 saturated heterocycles. The van der Waals surface area contributed by atoms with E-state index in [1.165, 1.54) is 0 Å². The summed E-state index contributed by atoms with van der Waals surface area (Å²) in [5.41, 5.74) is 0.585. The van der Waals surface area contributed by atoms with E-state index in [2.05, 4.69) is 26.6 Å². The quantitative estimate of drug-likeness (QED) is 0.673. The van der Waals surface area contributed by atoms with Crippen LogP contribution in [0.3, 0.4) is 0 Å². The number of hydrogen-bond acceptors (Lipinski definition) is 3. The van der Waals surface area contributed by atoms with Gasteiger partial charge in [-0.15, -0.1) is 0 Å². The Hall–Kier alpha value is -1.89. The first-order valence-corrected chi connectivity index (χ1v) is 10.5. The summed E-state index contributed by atoms with van der Waals surface area (Å²) in [5, 5.41) is 5.76. The molecule has 1 heterocycles. The third kappa shape index (κ3) is 5.09. The van der Waals surface area contributed by atoms with Gasteiger partial charge in [0.1, 0.15) is 6.04 Å². The molecule has 0 unspecified atom stereocenters. The van der Waals surface area contributed by atoms with Crippen molar-refractivity contribution in [3.05, 3.63) is 34.3 Å². The average Bonchev–Trinajstić information content (AvgIpc) is 3.36. The van der Waals surface area contributed by atoms with Gasteiger partial charge in [-0.05, 0) is 49.9 Å². The van der Waals surface area contributed by atoms with Gasteiger partial charge in [0.15, 0.2) is 0 Å². The lowest BCUT2D eigenvalue weighted by atomic mass is 10.1. The smallest absolute Gasteiger partial charge is 0.254 e. The third-order valence-corrected chi connectivity index (χ3v) is 5.89. The SMILES string of the molecule is O=C(NCCNC(=O)[C@H]1CCCN1C(=O)c1ccc(Br)cc1)C1CCCC1. The third-order valence-electron chi connectivity index (χ3n) is 5.36. The normalized spacial score (nSPS) is 19.9. The van der Waals surface area contributed by atoms with Crippen LogP contribution in [0.4, 0.5) is 0 Å². The van der Waals surface area contributed by atoms with Gasteiger partial charge in [-0.1, -0.05) is 28.8 Å². The van der Waals surface area contributed by atoms with E-state index < -0.39 is 6.04 Å². The Kier molecular flexibility index (Phi) is 6.88. The second-order valence-corrected chi connectivity index (χ2v) is 8.14. The molecule has 3 amide bonds. The topological polar surface area (TPSA) is 78.5 Å². The van der Waals surface area contributed by atoms with Gasteiger partial charge >= 0.3 is 0 Å². The van der Waals surface area contributed by atoms with Gasteiger partial charge in [0.05, 0.1) is 0 Å². The number of benzene rings is 1. The second kappa shape index (κ2) is 9.35. The van der Waals surface area contributed by atoms with Crippen molar-refractivity contribution in [1.29, 1.82) is 0 Å². The van der Waals surface area contributed by atoms with Crippen molar-refractivity contribution < 1.29 is 14.4 Å². The second-order valence-electron chi connectivity index (χ2n) is 7.23. The molecule has 1 saturated carbocycles. The van der Waals surface area contributed by atoms with Crippen LogP contribution in [0, 0.1) is 5.92 Å². The maximum absolute atomic E-state index is 12.7. The zero-order valence-electron chi connectivity index (χ0n) is 15.4. The van der Waals surface area contributed by atoms with E-state index in [-0.39, 0.29) is 23.6 Å². The number of rotatable bonds is 6. The number of nitrogens with zero attached hydrogens (tertiary/aromatic N) is 1. The van der Waals surface area contributed by atoms with Gasteiger partial charge in [0.2, 0.25) is 11.8 Å². The number of amides is 3. The molecule has 1 aromatic carbocycles. The number of carbonyl (C=O) groups excluding carboxylic acids is 3. The Morgan fingerprint density at radius 1 is 0.926 bits per heavy atom. The first kappa shape index (κ1) is 19.9. The van der Waals surface area contributed by atoms with Crippen LogP contribution in [-0.4, -0.2) is 48.3 Å². The van der Waals surface area contributed by atoms with Crippen molar-refractivity contribution in [2.75, 3.05) is 19.6 Å². The molecule has 146 valence electrons. The highest BCUT2D eigenvalue weighted by atomic mass is 79.9. The zero-order valence-corrected chi connectivity index (χ0v) is 17.0. The Labute approximate surface area is 168 Å². The average molecular weight is 436 g/mol. The molecule has 6 nitrogen and oxygen atoms in total. The Morgan fingerprint density at radius 2 is 1.56 bits per heavy atom. The fourth-order valence-electron chi connectivity index (χ4n) is 3.86. The molecule has 0 bridgehead atoms. The molecular weight excluding hydrogens is 410 g/mol. The number of likely N-dealkylation sites (tertiary alicyclic amines) is 1. The van der Waals surface area contributed by atoms with Crippen LogP contribution in [-0.2, 0) is 9.59 Å². The fraction of sp³-hybridized carbons (Fsp3) is 0.550. The molecule has 2 aliphatic rings. The van der Waals surface area contributed by atoms with Gasteiger partial charge in [-0.2, -0.15) is 0 Å². The van der Waals surface area contributed by atoms with E-state index in [0.717, 1.165) is 36.6 Å². The van der Waals surface area contributed by atoms with Gasteiger partial charge in [-0.25, -0.2) is 0 Å². The molecular formula is C20H26BrN3O3. The first-order valence-electron chi connectivity index (χ1n) is 9.68. The first-order chi connectivity index (χ1) is 13.1. The number of carbonyl (C=O) groups is 3. The van der Waals surface area contributed by atoms with Gasteiger partial charge in [0, 0.05) is 35.6 Å². The minimum atomic E-state index is -0.438. The molecule has 1 aliphatic heterocycles. The van der Waals surface area contributed by atoms with Gasteiger partial charge < -0.3 is 15.5 Å². The molecule has 0 aromatic heterocycles. The summed E-state index contributed by atoms with van der Waals surface area (Å²) < 4.78 is 0.911. The van der Waals surface area contributed by atoms with Crippen molar-refractivity contribution in [3.63, 3.8) is 0 Å². The van der Waals surface area contributed by atoms with Crippen LogP contribution in [0.2, 0.25) is 0 Å². The molecule has 1 aromatic rings. The minimum Gasteiger partial charge on any atom is -0.354 e. The number of halogens is 1. The van der Waals surface area contributed by atoms with E-state index in [1.807, 2.05) is 12.1 Å². The largest absolute Gasteiger partial charge is 0.354 e. The lowest BCUT2D eigenvalue weighted by Gasteiger charge is -2.24. The Morgan fingerprint density at radius 3 is 2.22 bits per heavy atom. The van der Waals surface area contributed by atoms with Crippen molar-refractivity contribution in [2.24, 2.45) is 5.92 Å². The molecule has 2 N–H and O–H groups in total. The highest BCUT2D eigenvalue weighted by molar-refractivity contribution is 9.10. The monoisotopic (exact) mass is 435 g/mol. The predicted molar refractivity (Wildman–Crippen MR) is 106 cm³/mol. The van der Waals surface area contributed by atoms with E-state index >= 15 is 0 Å². The van der Waals surface area contributed by atoms with Crippen molar-refractivity contribution in [3.8, 4) is 0 Å². The summed E-state index contributed by atoms with van der Waals surface area (Å²) in [6, 6.07) is 6.74. The minimum absolute atomic E-state index is 0.0923. The fourth-order valence-corrected chi connectivity index (χ4v) is 4.13. The molecule has 0 spiro atoms. The van der Waals surface area contributed by atoms with Gasteiger partial charge in [-0.3, -0.25) is 14.4 Å². The van der Waals surface area contributed by atoms with Crippen molar-refractivity contribution in [2.45, 2.75) is 44.6 Å². The number of hydrogen-bond donors (Lipinski definition) is 2. The maximum atomic E-state index is 12.7. The van der Waals surface area contributed by atoms with Crippen LogP contribution >= 0.6 is 15.9 Å². The van der Waals surface area contributed by atoms with Crippen LogP contribution in [0.25, 0.3) is 0 Å². The summed E-state index contributed by atoms with van der Waals surface area (Å²) in [5.74, 6) is -0.0352. The highest BCUT2D eigenvalue weighted by Gasteiger charge is 2.34. The molecule has 1 atom stereocenters. The lowest BCUT2D eigenvalue weighted by molar-refractivity contribution is -0.126. The molecule has 0 radical (unpaired) electrons. The zero-order chi connectivity index (χ0) is 19.2. The van der Waals surface area contributed by atoms with E-state index in [4.69, 9.17) is 0 Å². The molecule has 2 fully saturated rings. The molecule has 1 aliphatic carbocycles. The molecule has 27 heavy (non-hydrogen) atoms. The van der Waals surface area contributed by atoms with Crippen molar-refractivity contribution >= 4 is 33.7 Å². The summed E-state index contributed by atoms with van der Waals surface area (Å²) in [6.07, 6.45) is 5.67. The van der Waals surface area contributed by atoms with E-state index in [1.54, 1.807) is 17.0 Å². The summed E-state index contributed by atoms with van der Waals surface area (Å²) in [6.45, 7) is 1.40. The van der Waals surface area contributed by atoms with Crippen LogP contribution < -0.4 is 10.6 Å². The van der Waals surface area contributed by atoms with Crippen LogP contribution in [0.15, 0.2) is 28.7 Å². The van der Waals surface area contributed by atoms with Crippen LogP contribution in [0.1, 0.15) is 48.9 Å². The van der Waals surface area contributed by atoms with Gasteiger partial charge in [0.25, 0.3) is 5.91 Å². The summed E-state index contributed by atoms with van der Waals surface area (Å²) >= 11 is 3.36. The number of nitrogens with one attached hydrogen (secondary N) is 2. The van der Waals surface area contributed by atoms with E-state index in [9.17, 15) is 14.4 Å². The van der Waals surface area contributed by atoms with Crippen molar-refractivity contribution in [1.82, 2.24) is 15.5 Å². The molecule has 7 heteroatoms. The standard InChI is InChI=1S/C20H26BrN3O3/c21-16-9-7-15(8-10-16)20(27)24-13-3-6-17(24)19(26)23-12-11-22-18(25)14-4-1-2-5-14/h7-10,14,17H,1-6,11-13H2,(H,22,25)(H,23,26)/t17-/m1/s1. The van der Waals surface area contributed by atoms with E-state index in [0.29, 0.717) is 31.6 Å². The summed E-state index contributed by atoms with van der Waals surface area (Å²) in [7, 11) is 0. The highest BCUT2D eigenvalue weighted by Crippen LogP contribution is 2.24. The van der Waals surface area contributed by atoms with Crippen LogP contribution in [0.5, 0.6) is 0 Å². The lowest BCUT2D eigenvalue weighted by Crippen LogP contribution is -2.47. The maximum Gasteiger partial charge on any atom is 0.254 e. The Balaban J connectivity index is 1.46. The summed E-state index contributed by atoms with van der Waals surface area (Å²) in [4.78, 5) is 38.9.